The van der Waals surface area contributed by atoms with Crippen molar-refractivity contribution in [2.45, 2.75) is 33.2 Å². The predicted octanol–water partition coefficient (Wildman–Crippen LogP) is 1.53. The fourth-order valence-corrected chi connectivity index (χ4v) is 1.14. The van der Waals surface area contributed by atoms with E-state index in [1.807, 2.05) is 24.6 Å². The molecule has 1 heterocycles. The maximum Gasteiger partial charge on any atom is 0.307 e. The minimum absolute atomic E-state index is 0.139. The van der Waals surface area contributed by atoms with Gasteiger partial charge in [-0.05, 0) is 13.3 Å². The quantitative estimate of drug-likeness (QED) is 0.671. The van der Waals surface area contributed by atoms with Crippen LogP contribution in [0, 0.1) is 6.92 Å². The molecule has 14 heavy (non-hydrogen) atoms. The van der Waals surface area contributed by atoms with Crippen molar-refractivity contribution in [1.82, 2.24) is 9.55 Å². The van der Waals surface area contributed by atoms with Crippen LogP contribution in [0.15, 0.2) is 12.4 Å². The van der Waals surface area contributed by atoms with E-state index < -0.39 is 0 Å². The number of aryl methyl sites for hydroxylation is 2. The molecule has 78 valence electrons. The highest BCUT2D eigenvalue weighted by molar-refractivity contribution is 5.69. The number of imidazole rings is 1. The van der Waals surface area contributed by atoms with E-state index in [0.29, 0.717) is 19.6 Å². The summed E-state index contributed by atoms with van der Waals surface area (Å²) in [7, 11) is 0. The zero-order valence-corrected chi connectivity index (χ0v) is 8.69. The van der Waals surface area contributed by atoms with Gasteiger partial charge in [0.05, 0.1) is 13.0 Å². The topological polar surface area (TPSA) is 44.1 Å². The summed E-state index contributed by atoms with van der Waals surface area (Å²) in [6.07, 6.45) is 4.88. The number of rotatable bonds is 5. The highest BCUT2D eigenvalue weighted by Gasteiger charge is 2.03. The summed E-state index contributed by atoms with van der Waals surface area (Å²) in [5, 5.41) is 0. The van der Waals surface area contributed by atoms with Crippen LogP contribution in [0.4, 0.5) is 0 Å². The fourth-order valence-electron chi connectivity index (χ4n) is 1.14. The van der Waals surface area contributed by atoms with Crippen molar-refractivity contribution in [3.05, 3.63) is 18.2 Å². The Balaban J connectivity index is 2.27. The first kappa shape index (κ1) is 10.8. The molecule has 0 atom stereocenters. The van der Waals surface area contributed by atoms with Gasteiger partial charge in [0, 0.05) is 18.9 Å². The third-order valence-corrected chi connectivity index (χ3v) is 1.95. The minimum atomic E-state index is -0.139. The van der Waals surface area contributed by atoms with Gasteiger partial charge in [0.15, 0.2) is 0 Å². The number of aromatic nitrogens is 2. The second kappa shape index (κ2) is 5.42. The summed E-state index contributed by atoms with van der Waals surface area (Å²) in [6, 6.07) is 0. The lowest BCUT2D eigenvalue weighted by atomic mass is 10.4. The average molecular weight is 196 g/mol. The average Bonchev–Trinajstić information content (AvgIpc) is 2.58. The fraction of sp³-hybridized carbons (Fsp3) is 0.600. The highest BCUT2D eigenvalue weighted by atomic mass is 16.5. The number of carbonyl (C=O) groups excluding carboxylic acids is 1. The molecule has 0 N–H and O–H groups in total. The van der Waals surface area contributed by atoms with Crippen molar-refractivity contribution in [2.24, 2.45) is 0 Å². The molecule has 0 bridgehead atoms. The molecule has 4 nitrogen and oxygen atoms in total. The minimum Gasteiger partial charge on any atom is -0.466 e. The Kier molecular flexibility index (Phi) is 4.16. The molecule has 0 saturated carbocycles. The lowest BCUT2D eigenvalue weighted by molar-refractivity contribution is -0.143. The van der Waals surface area contributed by atoms with Crippen molar-refractivity contribution in [3.63, 3.8) is 0 Å². The molecule has 1 aromatic rings. The Labute approximate surface area is 83.9 Å². The van der Waals surface area contributed by atoms with Crippen LogP contribution < -0.4 is 0 Å². The third kappa shape index (κ3) is 3.20. The normalized spacial score (nSPS) is 10.1. The molecule has 4 heteroatoms. The lowest BCUT2D eigenvalue weighted by Gasteiger charge is -2.05. The Morgan fingerprint density at radius 1 is 1.64 bits per heavy atom. The summed E-state index contributed by atoms with van der Waals surface area (Å²) in [6.45, 7) is 5.06. The largest absolute Gasteiger partial charge is 0.466 e. The molecular formula is C10H16N2O2. The van der Waals surface area contributed by atoms with Gasteiger partial charge in [0.25, 0.3) is 0 Å². The summed E-state index contributed by atoms with van der Waals surface area (Å²) in [5.74, 6) is 0.785. The van der Waals surface area contributed by atoms with Crippen LogP contribution in [0.5, 0.6) is 0 Å². The first-order chi connectivity index (χ1) is 6.74. The highest BCUT2D eigenvalue weighted by Crippen LogP contribution is 1.98. The molecule has 0 unspecified atom stereocenters. The maximum atomic E-state index is 11.2. The Bertz CT molecular complexity index is 294. The van der Waals surface area contributed by atoms with Crippen LogP contribution in [0.25, 0.3) is 0 Å². The molecule has 0 amide bonds. The number of hydrogen-bond donors (Lipinski definition) is 0. The van der Waals surface area contributed by atoms with Gasteiger partial charge in [0.2, 0.25) is 0 Å². The van der Waals surface area contributed by atoms with Crippen LogP contribution in [0.2, 0.25) is 0 Å². The number of carbonyl (C=O) groups is 1. The molecule has 0 aliphatic carbocycles. The van der Waals surface area contributed by atoms with Crippen LogP contribution in [0.3, 0.4) is 0 Å². The molecule has 1 rings (SSSR count). The van der Waals surface area contributed by atoms with E-state index in [1.165, 1.54) is 0 Å². The van der Waals surface area contributed by atoms with Gasteiger partial charge in [-0.1, -0.05) is 6.92 Å². The number of hydrogen-bond acceptors (Lipinski definition) is 3. The Morgan fingerprint density at radius 2 is 2.43 bits per heavy atom. The second-order valence-corrected chi connectivity index (χ2v) is 3.14. The standard InChI is InChI=1S/C10H16N2O2/c1-3-8-14-10(13)4-6-12-7-5-11-9(12)2/h5,7H,3-4,6,8H2,1-2H3. The van der Waals surface area contributed by atoms with Crippen LogP contribution in [0.1, 0.15) is 25.6 Å². The van der Waals surface area contributed by atoms with Gasteiger partial charge in [-0.2, -0.15) is 0 Å². The van der Waals surface area contributed by atoms with Gasteiger partial charge in [-0.3, -0.25) is 4.79 Å². The third-order valence-electron chi connectivity index (χ3n) is 1.95. The molecule has 0 radical (unpaired) electrons. The summed E-state index contributed by atoms with van der Waals surface area (Å²) >= 11 is 0. The van der Waals surface area contributed by atoms with Crippen LogP contribution >= 0.6 is 0 Å². The maximum absolute atomic E-state index is 11.2. The van der Waals surface area contributed by atoms with Gasteiger partial charge >= 0.3 is 5.97 Å². The first-order valence-electron chi connectivity index (χ1n) is 4.87. The molecular weight excluding hydrogens is 180 g/mol. The van der Waals surface area contributed by atoms with Crippen molar-refractivity contribution in [3.8, 4) is 0 Å². The monoisotopic (exact) mass is 196 g/mol. The zero-order chi connectivity index (χ0) is 10.4. The number of ether oxygens (including phenoxy) is 1. The van der Waals surface area contributed by atoms with E-state index in [0.717, 1.165) is 12.2 Å². The van der Waals surface area contributed by atoms with E-state index in [1.54, 1.807) is 6.20 Å². The number of esters is 1. The molecule has 0 aliphatic rings. The molecule has 0 aromatic carbocycles. The van der Waals surface area contributed by atoms with Crippen molar-refractivity contribution in [1.29, 1.82) is 0 Å². The van der Waals surface area contributed by atoms with Gasteiger partial charge in [0.1, 0.15) is 5.82 Å². The van der Waals surface area contributed by atoms with E-state index >= 15 is 0 Å². The zero-order valence-electron chi connectivity index (χ0n) is 8.69. The SMILES string of the molecule is CCCOC(=O)CCn1ccnc1C. The molecule has 1 aromatic heterocycles. The van der Waals surface area contributed by atoms with Gasteiger partial charge in [-0.25, -0.2) is 4.98 Å². The summed E-state index contributed by atoms with van der Waals surface area (Å²) in [4.78, 5) is 15.2. The van der Waals surface area contributed by atoms with E-state index in [4.69, 9.17) is 4.74 Å². The lowest BCUT2D eigenvalue weighted by Crippen LogP contribution is -2.10. The second-order valence-electron chi connectivity index (χ2n) is 3.14. The van der Waals surface area contributed by atoms with Crippen molar-refractivity contribution < 1.29 is 9.53 Å². The molecule has 0 saturated heterocycles. The number of nitrogens with zero attached hydrogens (tertiary/aromatic N) is 2. The predicted molar refractivity (Wildman–Crippen MR) is 52.8 cm³/mol. The van der Waals surface area contributed by atoms with Crippen LogP contribution in [-0.2, 0) is 16.1 Å². The Hall–Kier alpha value is -1.32. The first-order valence-corrected chi connectivity index (χ1v) is 4.87. The van der Waals surface area contributed by atoms with Crippen molar-refractivity contribution >= 4 is 5.97 Å². The molecule has 0 aliphatic heterocycles. The summed E-state index contributed by atoms with van der Waals surface area (Å²) < 4.78 is 6.89. The van der Waals surface area contributed by atoms with Gasteiger partial charge in [-0.15, -0.1) is 0 Å². The molecule has 0 fully saturated rings. The summed E-state index contributed by atoms with van der Waals surface area (Å²) in [5.41, 5.74) is 0. The smallest absolute Gasteiger partial charge is 0.307 e. The van der Waals surface area contributed by atoms with Gasteiger partial charge < -0.3 is 9.30 Å². The van der Waals surface area contributed by atoms with Crippen molar-refractivity contribution in [2.75, 3.05) is 6.61 Å². The molecule has 0 spiro atoms. The Morgan fingerprint density at radius 3 is 3.00 bits per heavy atom. The van der Waals surface area contributed by atoms with E-state index in [9.17, 15) is 4.79 Å². The van der Waals surface area contributed by atoms with Crippen LogP contribution in [-0.4, -0.2) is 22.1 Å². The van der Waals surface area contributed by atoms with E-state index in [-0.39, 0.29) is 5.97 Å². The van der Waals surface area contributed by atoms with E-state index in [2.05, 4.69) is 4.98 Å².